The first-order valence-corrected chi connectivity index (χ1v) is 14.4. The van der Waals surface area contributed by atoms with Crippen molar-refractivity contribution in [3.05, 3.63) is 142 Å². The van der Waals surface area contributed by atoms with Crippen LogP contribution >= 0.6 is 0 Å². The van der Waals surface area contributed by atoms with E-state index in [1.54, 1.807) is 23.1 Å². The predicted molar refractivity (Wildman–Crippen MR) is 161 cm³/mol. The molecule has 0 spiro atoms. The number of para-hydroxylation sites is 1. The minimum atomic E-state index is -0.891. The van der Waals surface area contributed by atoms with Gasteiger partial charge in [0.1, 0.15) is 17.9 Å². The van der Waals surface area contributed by atoms with E-state index in [-0.39, 0.29) is 36.5 Å². The van der Waals surface area contributed by atoms with E-state index in [0.29, 0.717) is 12.0 Å². The molecule has 3 heterocycles. The number of hydrogen-bond donors (Lipinski definition) is 3. The Bertz CT molecular complexity index is 1850. The van der Waals surface area contributed by atoms with Crippen LogP contribution in [0.5, 0.6) is 0 Å². The van der Waals surface area contributed by atoms with Gasteiger partial charge in [0.05, 0.1) is 6.04 Å². The number of nitrogens with one attached hydrogen (secondary N) is 3. The highest BCUT2D eigenvalue weighted by molar-refractivity contribution is 6.04. The highest BCUT2D eigenvalue weighted by Crippen LogP contribution is 2.46. The Kier molecular flexibility index (Phi) is 6.74. The number of rotatable bonds is 7. The Morgan fingerprint density at radius 3 is 2.42 bits per heavy atom. The van der Waals surface area contributed by atoms with Crippen LogP contribution < -0.4 is 10.6 Å². The van der Waals surface area contributed by atoms with Crippen LogP contribution in [0.3, 0.4) is 0 Å². The van der Waals surface area contributed by atoms with Crippen LogP contribution in [-0.4, -0.2) is 39.7 Å². The normalized spacial score (nSPS) is 17.6. The van der Waals surface area contributed by atoms with Crippen molar-refractivity contribution in [2.45, 2.75) is 37.5 Å². The van der Waals surface area contributed by atoms with Crippen molar-refractivity contribution in [2.24, 2.45) is 0 Å². The lowest BCUT2D eigenvalue weighted by Gasteiger charge is -2.37. The molecule has 3 atom stereocenters. The number of carbonyl (C=O) groups is 3. The molecular weight excluding hydrogens is 543 g/mol. The van der Waals surface area contributed by atoms with Crippen LogP contribution in [0, 0.1) is 5.82 Å². The largest absolute Gasteiger partial charge is 0.356 e. The number of H-pyrrole nitrogens is 1. The quantitative estimate of drug-likeness (QED) is 0.261. The Balaban J connectivity index is 1.21. The molecule has 0 fully saturated rings. The number of aromatic amines is 1. The van der Waals surface area contributed by atoms with Gasteiger partial charge in [-0.25, -0.2) is 4.39 Å². The maximum Gasteiger partial charge on any atom is 0.255 e. The number of benzene rings is 4. The molecule has 5 aromatic rings. The second kappa shape index (κ2) is 10.9. The molecule has 0 radical (unpaired) electrons. The van der Waals surface area contributed by atoms with Crippen molar-refractivity contribution < 1.29 is 18.8 Å². The summed E-state index contributed by atoms with van der Waals surface area (Å²) in [5.74, 6) is -1.31. The zero-order valence-corrected chi connectivity index (χ0v) is 23.2. The topological polar surface area (TPSA) is 94.3 Å². The number of hydrogen-bond acceptors (Lipinski definition) is 3. The molecule has 7 rings (SSSR count). The zero-order valence-electron chi connectivity index (χ0n) is 23.2. The Morgan fingerprint density at radius 2 is 1.60 bits per heavy atom. The van der Waals surface area contributed by atoms with Gasteiger partial charge in [-0.3, -0.25) is 14.4 Å². The van der Waals surface area contributed by atoms with Crippen LogP contribution in [0.15, 0.2) is 103 Å². The summed E-state index contributed by atoms with van der Waals surface area (Å²) >= 11 is 0. The fourth-order valence-corrected chi connectivity index (χ4v) is 6.38. The van der Waals surface area contributed by atoms with E-state index in [9.17, 15) is 18.8 Å². The highest BCUT2D eigenvalue weighted by atomic mass is 19.1. The molecule has 2 aliphatic heterocycles. The summed E-state index contributed by atoms with van der Waals surface area (Å²) in [7, 11) is 0. The number of fused-ring (bicyclic) bond motifs is 7. The Hall–Kier alpha value is -5.24. The lowest BCUT2D eigenvalue weighted by molar-refractivity contribution is -0.132. The SMILES string of the molecule is O=C(NCc1ccc(F)cc1)[C@H](Cc1ccccc1)NC(=O)[C@@H]1Cc2c([nH]c3ccccc23)[C@H]2c3ccccc3C(=O)N21. The van der Waals surface area contributed by atoms with Gasteiger partial charge in [-0.15, -0.1) is 0 Å². The number of amides is 3. The fraction of sp³-hybridized carbons (Fsp3) is 0.171. The first kappa shape index (κ1) is 26.6. The molecule has 0 saturated carbocycles. The first-order chi connectivity index (χ1) is 21.0. The summed E-state index contributed by atoms with van der Waals surface area (Å²) in [6.45, 7) is 0.185. The average Bonchev–Trinajstić information content (AvgIpc) is 3.55. The molecule has 0 aliphatic carbocycles. The van der Waals surface area contributed by atoms with Gasteiger partial charge in [-0.05, 0) is 46.5 Å². The summed E-state index contributed by atoms with van der Waals surface area (Å²) in [4.78, 5) is 46.7. The summed E-state index contributed by atoms with van der Waals surface area (Å²) < 4.78 is 13.4. The van der Waals surface area contributed by atoms with Crippen LogP contribution in [0.4, 0.5) is 4.39 Å². The molecule has 0 saturated heterocycles. The monoisotopic (exact) mass is 572 g/mol. The molecule has 7 nitrogen and oxygen atoms in total. The predicted octanol–water partition coefficient (Wildman–Crippen LogP) is 4.82. The third-order valence-electron chi connectivity index (χ3n) is 8.45. The second-order valence-corrected chi connectivity index (χ2v) is 11.1. The molecule has 0 bridgehead atoms. The summed E-state index contributed by atoms with van der Waals surface area (Å²) in [5, 5.41) is 6.90. The molecule has 8 heteroatoms. The molecule has 3 amide bonds. The third kappa shape index (κ3) is 4.84. The van der Waals surface area contributed by atoms with Crippen molar-refractivity contribution in [2.75, 3.05) is 0 Å². The van der Waals surface area contributed by atoms with Crippen LogP contribution in [0.2, 0.25) is 0 Å². The van der Waals surface area contributed by atoms with Gasteiger partial charge >= 0.3 is 0 Å². The van der Waals surface area contributed by atoms with Crippen molar-refractivity contribution in [3.63, 3.8) is 0 Å². The first-order valence-electron chi connectivity index (χ1n) is 14.4. The van der Waals surface area contributed by atoms with E-state index >= 15 is 0 Å². The average molecular weight is 573 g/mol. The van der Waals surface area contributed by atoms with Crippen LogP contribution in [0.1, 0.15) is 44.3 Å². The van der Waals surface area contributed by atoms with Gasteiger partial charge in [0.2, 0.25) is 11.8 Å². The maximum absolute atomic E-state index is 14.2. The number of nitrogens with zero attached hydrogens (tertiary/aromatic N) is 1. The molecule has 214 valence electrons. The fourth-order valence-electron chi connectivity index (χ4n) is 6.38. The Morgan fingerprint density at radius 1 is 0.884 bits per heavy atom. The molecule has 2 aliphatic rings. The van der Waals surface area contributed by atoms with Gasteiger partial charge in [0, 0.05) is 41.5 Å². The zero-order chi connectivity index (χ0) is 29.5. The van der Waals surface area contributed by atoms with E-state index in [4.69, 9.17) is 0 Å². The van der Waals surface area contributed by atoms with Gasteiger partial charge < -0.3 is 20.5 Å². The lowest BCUT2D eigenvalue weighted by atomic mass is 9.89. The van der Waals surface area contributed by atoms with Gasteiger partial charge in [0.15, 0.2) is 0 Å². The van der Waals surface area contributed by atoms with Crippen molar-refractivity contribution in [1.29, 1.82) is 0 Å². The van der Waals surface area contributed by atoms with E-state index in [1.165, 1.54) is 12.1 Å². The molecular formula is C35H29FN4O3. The van der Waals surface area contributed by atoms with E-state index in [2.05, 4.69) is 15.6 Å². The number of aromatic nitrogens is 1. The van der Waals surface area contributed by atoms with E-state index < -0.39 is 18.1 Å². The molecule has 43 heavy (non-hydrogen) atoms. The lowest BCUT2D eigenvalue weighted by Crippen LogP contribution is -2.57. The summed E-state index contributed by atoms with van der Waals surface area (Å²) in [6.07, 6.45) is 0.584. The van der Waals surface area contributed by atoms with Gasteiger partial charge in [-0.2, -0.15) is 0 Å². The molecule has 0 unspecified atom stereocenters. The number of carbonyl (C=O) groups excluding carboxylic acids is 3. The number of halogens is 1. The standard InChI is InChI=1S/C35H29FN4O3/c36-23-16-14-22(15-17-23)20-37-33(41)29(18-21-8-2-1-3-9-21)39-34(42)30-19-27-24-10-6-7-13-28(24)38-31(27)32-25-11-4-5-12-26(25)35(43)40(30)32/h1-17,29-30,32,38H,18-20H2,(H,37,41)(H,39,42)/t29-,30-,32+/m0/s1. The third-order valence-corrected chi connectivity index (χ3v) is 8.45. The Labute approximate surface area is 247 Å². The minimum Gasteiger partial charge on any atom is -0.356 e. The molecule has 3 N–H and O–H groups in total. The summed E-state index contributed by atoms with van der Waals surface area (Å²) in [6, 6.07) is 28.6. The highest BCUT2D eigenvalue weighted by Gasteiger charge is 2.49. The van der Waals surface area contributed by atoms with Crippen LogP contribution in [-0.2, 0) is 29.0 Å². The van der Waals surface area contributed by atoms with Crippen molar-refractivity contribution >= 4 is 28.6 Å². The van der Waals surface area contributed by atoms with E-state index in [1.807, 2.05) is 72.8 Å². The van der Waals surface area contributed by atoms with Gasteiger partial charge in [0.25, 0.3) is 5.91 Å². The summed E-state index contributed by atoms with van der Waals surface area (Å²) in [5.41, 5.74) is 5.93. The molecule has 1 aromatic heterocycles. The minimum absolute atomic E-state index is 0.185. The van der Waals surface area contributed by atoms with Crippen LogP contribution in [0.25, 0.3) is 10.9 Å². The smallest absolute Gasteiger partial charge is 0.255 e. The molecule has 4 aromatic carbocycles. The van der Waals surface area contributed by atoms with Gasteiger partial charge in [-0.1, -0.05) is 78.9 Å². The van der Waals surface area contributed by atoms with E-state index in [0.717, 1.165) is 38.9 Å². The van der Waals surface area contributed by atoms with Crippen molar-refractivity contribution in [1.82, 2.24) is 20.5 Å². The second-order valence-electron chi connectivity index (χ2n) is 11.1. The maximum atomic E-state index is 14.2. The van der Waals surface area contributed by atoms with Crippen molar-refractivity contribution in [3.8, 4) is 0 Å².